The molecule has 0 bridgehead atoms. The molecule has 4 heteroatoms. The van der Waals surface area contributed by atoms with Crippen LogP contribution in [0.25, 0.3) is 0 Å². The number of ether oxygens (including phenoxy) is 1. The van der Waals surface area contributed by atoms with Gasteiger partial charge in [-0.25, -0.2) is 9.78 Å². The van der Waals surface area contributed by atoms with Crippen molar-refractivity contribution in [2.75, 3.05) is 0 Å². The number of carbonyl (C=O) groups is 1. The topological polar surface area (TPSA) is 39.2 Å². The summed E-state index contributed by atoms with van der Waals surface area (Å²) in [7, 11) is 0. The largest absolute Gasteiger partial charge is 0.458 e. The summed E-state index contributed by atoms with van der Waals surface area (Å²) in [5, 5.41) is 0.421. The Kier molecular flexibility index (Phi) is 2.65. The zero-order valence-corrected chi connectivity index (χ0v) is 9.41. The van der Waals surface area contributed by atoms with Gasteiger partial charge in [-0.1, -0.05) is 25.4 Å². The Bertz CT molecular complexity index is 406. The second-order valence-corrected chi connectivity index (χ2v) is 4.09. The van der Waals surface area contributed by atoms with Gasteiger partial charge in [0.15, 0.2) is 0 Å². The molecule has 0 spiro atoms. The van der Waals surface area contributed by atoms with Crippen LogP contribution in [-0.2, 0) is 4.74 Å². The highest BCUT2D eigenvalue weighted by Gasteiger charge is 2.32. The van der Waals surface area contributed by atoms with E-state index in [0.717, 1.165) is 12.1 Å². The molecule has 0 saturated heterocycles. The molecule has 2 heterocycles. The minimum Gasteiger partial charge on any atom is -0.458 e. The molecule has 1 aromatic heterocycles. The fourth-order valence-electron chi connectivity index (χ4n) is 1.89. The van der Waals surface area contributed by atoms with Crippen LogP contribution in [0.15, 0.2) is 12.1 Å². The molecule has 1 aromatic rings. The lowest BCUT2D eigenvalue weighted by molar-refractivity contribution is 0.0174. The molecule has 0 aromatic carbocycles. The van der Waals surface area contributed by atoms with Crippen LogP contribution < -0.4 is 0 Å². The molecule has 2 atom stereocenters. The van der Waals surface area contributed by atoms with Gasteiger partial charge in [-0.15, -0.1) is 0 Å². The Morgan fingerprint density at radius 1 is 1.53 bits per heavy atom. The van der Waals surface area contributed by atoms with E-state index in [0.29, 0.717) is 10.7 Å². The molecule has 0 aliphatic carbocycles. The fourth-order valence-corrected chi connectivity index (χ4v) is 2.04. The number of pyridine rings is 1. The summed E-state index contributed by atoms with van der Waals surface area (Å²) >= 11 is 5.82. The first kappa shape index (κ1) is 10.4. The highest BCUT2D eigenvalue weighted by molar-refractivity contribution is 6.29. The molecule has 0 radical (unpaired) electrons. The average molecular weight is 226 g/mol. The molecule has 0 N–H and O–H groups in total. The molecule has 0 unspecified atom stereocenters. The number of aromatic nitrogens is 1. The monoisotopic (exact) mass is 225 g/mol. The van der Waals surface area contributed by atoms with Crippen molar-refractivity contribution < 1.29 is 9.53 Å². The summed E-state index contributed by atoms with van der Waals surface area (Å²) in [4.78, 5) is 15.8. The summed E-state index contributed by atoms with van der Waals surface area (Å²) < 4.78 is 5.29. The zero-order valence-electron chi connectivity index (χ0n) is 8.66. The molecule has 3 nitrogen and oxygen atoms in total. The van der Waals surface area contributed by atoms with Gasteiger partial charge in [0.1, 0.15) is 11.3 Å². The number of esters is 1. The van der Waals surface area contributed by atoms with Crippen molar-refractivity contribution >= 4 is 17.6 Å². The van der Waals surface area contributed by atoms with Crippen molar-refractivity contribution in [1.29, 1.82) is 0 Å². The summed E-state index contributed by atoms with van der Waals surface area (Å²) in [6.07, 6.45) is 0.705. The standard InChI is InChI=1S/C11H12ClNO2/c1-3-8-6(2)10-7(11(14)15-8)4-5-9(12)13-10/h4-6,8H,3H2,1-2H3/t6-,8-/m1/s1. The Balaban J connectivity index is 2.50. The van der Waals surface area contributed by atoms with Gasteiger partial charge in [0.25, 0.3) is 0 Å². The smallest absolute Gasteiger partial charge is 0.340 e. The highest BCUT2D eigenvalue weighted by atomic mass is 35.5. The van der Waals surface area contributed by atoms with Crippen LogP contribution >= 0.6 is 11.6 Å². The van der Waals surface area contributed by atoms with Gasteiger partial charge in [-0.2, -0.15) is 0 Å². The van der Waals surface area contributed by atoms with Crippen LogP contribution in [0.2, 0.25) is 5.15 Å². The summed E-state index contributed by atoms with van der Waals surface area (Å²) in [6.45, 7) is 3.99. The third-order valence-corrected chi connectivity index (χ3v) is 2.97. The lowest BCUT2D eigenvalue weighted by Crippen LogP contribution is -2.31. The van der Waals surface area contributed by atoms with Crippen LogP contribution in [0, 0.1) is 0 Å². The fraction of sp³-hybridized carbons (Fsp3) is 0.455. The number of hydrogen-bond donors (Lipinski definition) is 0. The number of carbonyl (C=O) groups excluding carboxylic acids is 1. The van der Waals surface area contributed by atoms with Crippen LogP contribution in [0.1, 0.15) is 42.2 Å². The lowest BCUT2D eigenvalue weighted by Gasteiger charge is -2.28. The quantitative estimate of drug-likeness (QED) is 0.545. The molecule has 15 heavy (non-hydrogen) atoms. The first-order chi connectivity index (χ1) is 7.13. The third kappa shape index (κ3) is 1.72. The lowest BCUT2D eigenvalue weighted by atomic mass is 9.92. The third-order valence-electron chi connectivity index (χ3n) is 2.76. The molecule has 0 fully saturated rings. The Labute approximate surface area is 93.4 Å². The van der Waals surface area contributed by atoms with E-state index < -0.39 is 0 Å². The second-order valence-electron chi connectivity index (χ2n) is 3.71. The molecule has 2 rings (SSSR count). The first-order valence-corrected chi connectivity index (χ1v) is 5.38. The molecule has 0 amide bonds. The van der Waals surface area contributed by atoms with Crippen LogP contribution in [0.5, 0.6) is 0 Å². The second kappa shape index (κ2) is 3.81. The van der Waals surface area contributed by atoms with Crippen LogP contribution in [-0.4, -0.2) is 17.1 Å². The number of cyclic esters (lactones) is 1. The number of fused-ring (bicyclic) bond motifs is 1. The predicted molar refractivity (Wildman–Crippen MR) is 57.2 cm³/mol. The average Bonchev–Trinajstić information content (AvgIpc) is 2.23. The van der Waals surface area contributed by atoms with Gasteiger partial charge >= 0.3 is 5.97 Å². The normalized spacial score (nSPS) is 24.6. The molecule has 1 aliphatic rings. The van der Waals surface area contributed by atoms with E-state index >= 15 is 0 Å². The van der Waals surface area contributed by atoms with E-state index in [2.05, 4.69) is 4.98 Å². The van der Waals surface area contributed by atoms with Crippen molar-refractivity contribution in [2.24, 2.45) is 0 Å². The summed E-state index contributed by atoms with van der Waals surface area (Å²) in [6, 6.07) is 3.29. The maximum Gasteiger partial charge on any atom is 0.340 e. The molecule has 80 valence electrons. The zero-order chi connectivity index (χ0) is 11.0. The van der Waals surface area contributed by atoms with Gasteiger partial charge in [-0.05, 0) is 18.6 Å². The number of hydrogen-bond acceptors (Lipinski definition) is 3. The molecular formula is C11H12ClNO2. The summed E-state index contributed by atoms with van der Waals surface area (Å²) in [5.41, 5.74) is 1.29. The van der Waals surface area contributed by atoms with Crippen molar-refractivity contribution in [3.63, 3.8) is 0 Å². The van der Waals surface area contributed by atoms with E-state index in [1.54, 1.807) is 12.1 Å². The first-order valence-electron chi connectivity index (χ1n) is 5.01. The Hall–Kier alpha value is -1.09. The maximum atomic E-state index is 11.6. The van der Waals surface area contributed by atoms with E-state index in [1.165, 1.54) is 0 Å². The number of halogens is 1. The van der Waals surface area contributed by atoms with E-state index in [-0.39, 0.29) is 18.0 Å². The SMILES string of the molecule is CC[C@H]1OC(=O)c2ccc(Cl)nc2[C@@H]1C. The van der Waals surface area contributed by atoms with Gasteiger partial charge in [0.2, 0.25) is 0 Å². The van der Waals surface area contributed by atoms with Crippen molar-refractivity contribution in [3.8, 4) is 0 Å². The van der Waals surface area contributed by atoms with E-state index in [4.69, 9.17) is 16.3 Å². The van der Waals surface area contributed by atoms with Crippen molar-refractivity contribution in [3.05, 3.63) is 28.5 Å². The van der Waals surface area contributed by atoms with Gasteiger partial charge in [-0.3, -0.25) is 0 Å². The van der Waals surface area contributed by atoms with Crippen LogP contribution in [0.3, 0.4) is 0 Å². The van der Waals surface area contributed by atoms with Gasteiger partial charge in [0, 0.05) is 5.92 Å². The van der Waals surface area contributed by atoms with E-state index in [1.807, 2.05) is 13.8 Å². The minimum atomic E-state index is -0.292. The van der Waals surface area contributed by atoms with Crippen molar-refractivity contribution in [2.45, 2.75) is 32.3 Å². The molecular weight excluding hydrogens is 214 g/mol. The summed E-state index contributed by atoms with van der Waals surface area (Å²) in [5.74, 6) is -0.180. The Morgan fingerprint density at radius 2 is 2.27 bits per heavy atom. The predicted octanol–water partition coefficient (Wildman–Crippen LogP) is 2.79. The molecule has 1 aliphatic heterocycles. The van der Waals surface area contributed by atoms with Crippen molar-refractivity contribution in [1.82, 2.24) is 4.98 Å². The number of nitrogens with zero attached hydrogens (tertiary/aromatic N) is 1. The minimum absolute atomic E-state index is 0.0871. The van der Waals surface area contributed by atoms with Crippen LogP contribution in [0.4, 0.5) is 0 Å². The molecule has 0 saturated carbocycles. The maximum absolute atomic E-state index is 11.6. The Morgan fingerprint density at radius 3 is 2.93 bits per heavy atom. The highest BCUT2D eigenvalue weighted by Crippen LogP contribution is 2.31. The van der Waals surface area contributed by atoms with E-state index in [9.17, 15) is 4.79 Å². The van der Waals surface area contributed by atoms with Gasteiger partial charge < -0.3 is 4.74 Å². The number of rotatable bonds is 1. The van der Waals surface area contributed by atoms with Gasteiger partial charge in [0.05, 0.1) is 11.3 Å².